The van der Waals surface area contributed by atoms with Gasteiger partial charge in [-0.15, -0.1) is 0 Å². The third-order valence-electron chi connectivity index (χ3n) is 9.67. The van der Waals surface area contributed by atoms with E-state index in [1.54, 1.807) is 26.8 Å². The smallest absolute Gasteiger partial charge is 0.326 e. The van der Waals surface area contributed by atoms with Crippen molar-refractivity contribution in [2.75, 3.05) is 0 Å². The van der Waals surface area contributed by atoms with E-state index >= 15 is 0 Å². The zero-order chi connectivity index (χ0) is 32.2. The van der Waals surface area contributed by atoms with Crippen molar-refractivity contribution >= 4 is 35.0 Å². The Morgan fingerprint density at radius 1 is 0.955 bits per heavy atom. The van der Waals surface area contributed by atoms with Crippen LogP contribution in [0.4, 0.5) is 0 Å². The number of carboxylic acid groups (broad SMARTS) is 2. The van der Waals surface area contributed by atoms with Crippen LogP contribution in [0.3, 0.4) is 0 Å². The summed E-state index contributed by atoms with van der Waals surface area (Å²) in [7, 11) is 0. The molecule has 0 saturated carbocycles. The van der Waals surface area contributed by atoms with Crippen molar-refractivity contribution in [3.8, 4) is 0 Å². The molecule has 0 spiro atoms. The normalized spacial score (nSPS) is 24.6. The maximum atomic E-state index is 13.3. The van der Waals surface area contributed by atoms with Crippen molar-refractivity contribution in [2.45, 2.75) is 78.8 Å². The van der Waals surface area contributed by atoms with E-state index in [0.717, 1.165) is 40.2 Å². The van der Waals surface area contributed by atoms with Gasteiger partial charge in [0.25, 0.3) is 0 Å². The first-order chi connectivity index (χ1) is 20.8. The molecule has 1 aliphatic carbocycles. The Morgan fingerprint density at radius 2 is 1.66 bits per heavy atom. The number of aromatic amines is 2. The summed E-state index contributed by atoms with van der Waals surface area (Å²) in [4.78, 5) is 69.2. The fourth-order valence-corrected chi connectivity index (χ4v) is 7.19. The molecule has 0 bridgehead atoms. The van der Waals surface area contributed by atoms with Crippen LogP contribution in [0.1, 0.15) is 83.4 Å². The first-order valence-corrected chi connectivity index (χ1v) is 14.9. The molecule has 11 heteroatoms. The largest absolute Gasteiger partial charge is 0.481 e. The summed E-state index contributed by atoms with van der Waals surface area (Å²) in [6.45, 7) is 13.3. The predicted octanol–water partition coefficient (Wildman–Crippen LogP) is 3.31. The standard InChI is InChI=1S/C33H38N4O7/c1-7-17-13(3)20(11-23-18(8-2)15(5)32(42)36-23)34-22(17)12-21-16(6)25-29(35-21)26(31(41)30(25)40)28-19(9-10-24(38)39)14(4)27(37-28)33(43)44/h8,14,19,23,27,34-35,37H,2,7,9-12H2,1,3-6H3,(H,36,42)(H,38,39)(H,43,44)/b28-26+/t14-,19-,23?,27-/m0/s1. The van der Waals surface area contributed by atoms with Crippen molar-refractivity contribution in [3.05, 3.63) is 74.5 Å². The van der Waals surface area contributed by atoms with Gasteiger partial charge >= 0.3 is 11.9 Å². The fourth-order valence-electron chi connectivity index (χ4n) is 7.19. The number of allylic oxidation sites excluding steroid dienone is 2. The summed E-state index contributed by atoms with van der Waals surface area (Å²) in [6.07, 6.45) is 3.40. The summed E-state index contributed by atoms with van der Waals surface area (Å²) < 4.78 is 0. The molecule has 44 heavy (non-hydrogen) atoms. The van der Waals surface area contributed by atoms with Gasteiger partial charge in [0.05, 0.1) is 22.9 Å². The molecule has 1 saturated heterocycles. The molecule has 0 radical (unpaired) electrons. The Morgan fingerprint density at radius 3 is 2.27 bits per heavy atom. The number of hydrogen-bond donors (Lipinski definition) is 6. The van der Waals surface area contributed by atoms with Gasteiger partial charge in [-0.2, -0.15) is 0 Å². The molecule has 232 valence electrons. The van der Waals surface area contributed by atoms with Gasteiger partial charge in [-0.3, -0.25) is 19.2 Å². The van der Waals surface area contributed by atoms with E-state index in [-0.39, 0.29) is 35.9 Å². The number of aromatic nitrogens is 2. The third-order valence-corrected chi connectivity index (χ3v) is 9.67. The quantitative estimate of drug-likeness (QED) is 0.177. The van der Waals surface area contributed by atoms with Crippen LogP contribution >= 0.6 is 0 Å². The number of carboxylic acids is 2. The van der Waals surface area contributed by atoms with Crippen molar-refractivity contribution in [2.24, 2.45) is 11.8 Å². The molecule has 0 aromatic carbocycles. The highest BCUT2D eigenvalue weighted by Crippen LogP contribution is 2.43. The fraction of sp³-hybridized carbons (Fsp3) is 0.424. The summed E-state index contributed by atoms with van der Waals surface area (Å²) in [5, 5.41) is 25.1. The Balaban J connectivity index is 1.52. The van der Waals surface area contributed by atoms with E-state index < -0.39 is 41.4 Å². The van der Waals surface area contributed by atoms with Crippen molar-refractivity contribution < 1.29 is 34.2 Å². The van der Waals surface area contributed by atoms with Crippen LogP contribution in [-0.2, 0) is 38.4 Å². The summed E-state index contributed by atoms with van der Waals surface area (Å²) in [5.41, 5.74) is 8.13. The number of amides is 1. The Labute approximate surface area is 254 Å². The van der Waals surface area contributed by atoms with Gasteiger partial charge in [0.1, 0.15) is 6.04 Å². The molecule has 1 unspecified atom stereocenters. The SMILES string of the molecule is C=CC1=C(C)C(=O)NC1Cc1[nH]c(Cc2[nH]c3c(c2C)C(=O)C(=O)/C3=C2/N[C@H](C(=O)O)[C@@H](C)[C@@H]2CCC(=O)O)c(CC)c1C. The Kier molecular flexibility index (Phi) is 8.00. The lowest BCUT2D eigenvalue weighted by atomic mass is 9.85. The number of rotatable bonds is 10. The van der Waals surface area contributed by atoms with Crippen LogP contribution in [0.2, 0.25) is 0 Å². The van der Waals surface area contributed by atoms with Gasteiger partial charge in [-0.05, 0) is 61.8 Å². The Bertz CT molecular complexity index is 1700. The predicted molar refractivity (Wildman–Crippen MR) is 162 cm³/mol. The van der Waals surface area contributed by atoms with Crippen molar-refractivity contribution in [1.29, 1.82) is 0 Å². The molecule has 2 aromatic heterocycles. The van der Waals surface area contributed by atoms with Crippen LogP contribution in [0.15, 0.2) is 29.5 Å². The number of H-pyrrole nitrogens is 2. The van der Waals surface area contributed by atoms with Crippen LogP contribution in [0, 0.1) is 25.7 Å². The first kappa shape index (κ1) is 30.8. The van der Waals surface area contributed by atoms with Crippen LogP contribution < -0.4 is 10.6 Å². The summed E-state index contributed by atoms with van der Waals surface area (Å²) >= 11 is 0. The van der Waals surface area contributed by atoms with E-state index in [9.17, 15) is 34.2 Å². The minimum atomic E-state index is -1.11. The number of carbonyl (C=O) groups is 5. The maximum Gasteiger partial charge on any atom is 0.326 e. The van der Waals surface area contributed by atoms with E-state index in [1.165, 1.54) is 0 Å². The molecule has 6 N–H and O–H groups in total. The average molecular weight is 603 g/mol. The van der Waals surface area contributed by atoms with Gasteiger partial charge < -0.3 is 30.8 Å². The minimum absolute atomic E-state index is 0.0977. The lowest BCUT2D eigenvalue weighted by molar-refractivity contribution is -0.140. The molecule has 4 atom stereocenters. The van der Waals surface area contributed by atoms with Gasteiger partial charge in [0.15, 0.2) is 0 Å². The number of fused-ring (bicyclic) bond motifs is 1. The minimum Gasteiger partial charge on any atom is -0.481 e. The van der Waals surface area contributed by atoms with Crippen molar-refractivity contribution in [1.82, 2.24) is 20.6 Å². The third kappa shape index (κ3) is 4.89. The molecule has 3 aliphatic rings. The van der Waals surface area contributed by atoms with E-state index in [0.29, 0.717) is 35.4 Å². The molecular formula is C33H38N4O7. The first-order valence-electron chi connectivity index (χ1n) is 14.9. The van der Waals surface area contributed by atoms with E-state index in [1.807, 2.05) is 6.92 Å². The second-order valence-electron chi connectivity index (χ2n) is 12.0. The zero-order valence-electron chi connectivity index (χ0n) is 25.6. The van der Waals surface area contributed by atoms with Gasteiger partial charge in [0, 0.05) is 53.5 Å². The van der Waals surface area contributed by atoms with Gasteiger partial charge in [-0.1, -0.05) is 26.5 Å². The maximum absolute atomic E-state index is 13.3. The highest BCUT2D eigenvalue weighted by atomic mass is 16.4. The lowest BCUT2D eigenvalue weighted by Crippen LogP contribution is -2.34. The summed E-state index contributed by atoms with van der Waals surface area (Å²) in [5.74, 6) is -4.67. The van der Waals surface area contributed by atoms with Gasteiger partial charge in [-0.25, -0.2) is 4.79 Å². The summed E-state index contributed by atoms with van der Waals surface area (Å²) in [6, 6.07) is -1.20. The molecule has 2 aromatic rings. The molecule has 11 nitrogen and oxygen atoms in total. The number of nitrogens with one attached hydrogen (secondary N) is 4. The van der Waals surface area contributed by atoms with Crippen LogP contribution in [-0.4, -0.2) is 61.7 Å². The number of Topliss-reactive ketones (excluding diaryl/α,β-unsaturated/α-hetero) is 2. The highest BCUT2D eigenvalue weighted by molar-refractivity contribution is 6.63. The monoisotopic (exact) mass is 602 g/mol. The molecule has 4 heterocycles. The number of hydrogen-bond acceptors (Lipinski definition) is 6. The topological polar surface area (TPSA) is 181 Å². The molecule has 2 aliphatic heterocycles. The molecule has 1 amide bonds. The Hall–Kier alpha value is -4.67. The van der Waals surface area contributed by atoms with Crippen LogP contribution in [0.5, 0.6) is 0 Å². The average Bonchev–Trinajstić information content (AvgIpc) is 3.69. The number of aliphatic carboxylic acids is 2. The highest BCUT2D eigenvalue weighted by Gasteiger charge is 2.47. The van der Waals surface area contributed by atoms with E-state index in [4.69, 9.17) is 0 Å². The van der Waals surface area contributed by atoms with E-state index in [2.05, 4.69) is 34.1 Å². The number of carbonyl (C=O) groups excluding carboxylic acids is 3. The lowest BCUT2D eigenvalue weighted by Gasteiger charge is -2.16. The second kappa shape index (κ2) is 11.4. The molecule has 1 fully saturated rings. The van der Waals surface area contributed by atoms with Crippen LogP contribution in [0.25, 0.3) is 5.57 Å². The molecule has 5 rings (SSSR count). The number of ketones is 2. The molecular weight excluding hydrogens is 564 g/mol. The van der Waals surface area contributed by atoms with Crippen molar-refractivity contribution in [3.63, 3.8) is 0 Å². The zero-order valence-corrected chi connectivity index (χ0v) is 25.6. The van der Waals surface area contributed by atoms with Gasteiger partial charge in [0.2, 0.25) is 17.5 Å². The second-order valence-corrected chi connectivity index (χ2v) is 12.0.